The Balaban J connectivity index is 2.31. The monoisotopic (exact) mass is 360 g/mol. The number of anilines is 2. The predicted octanol–water partition coefficient (Wildman–Crippen LogP) is 3.25. The summed E-state index contributed by atoms with van der Waals surface area (Å²) in [6, 6.07) is 0.148. The van der Waals surface area contributed by atoms with Crippen molar-refractivity contribution < 1.29 is 14.3 Å². The predicted molar refractivity (Wildman–Crippen MR) is 102 cm³/mol. The lowest BCUT2D eigenvalue weighted by Crippen LogP contribution is -2.30. The van der Waals surface area contributed by atoms with E-state index in [1.54, 1.807) is 13.8 Å². The smallest absolute Gasteiger partial charge is 0.341 e. The summed E-state index contributed by atoms with van der Waals surface area (Å²) in [5, 5.41) is 14.4. The molecule has 0 saturated heterocycles. The summed E-state index contributed by atoms with van der Waals surface area (Å²) in [5.74, 6) is 0.491. The van der Waals surface area contributed by atoms with Crippen molar-refractivity contribution in [3.8, 4) is 0 Å². The van der Waals surface area contributed by atoms with Crippen molar-refractivity contribution in [2.24, 2.45) is 5.92 Å². The molecular weight excluding hydrogens is 332 g/mol. The number of aromatic nitrogens is 1. The molecule has 1 aromatic rings. The van der Waals surface area contributed by atoms with Gasteiger partial charge in [-0.3, -0.25) is 4.79 Å². The molecule has 142 valence electrons. The maximum atomic E-state index is 12.3. The van der Waals surface area contributed by atoms with Gasteiger partial charge in [-0.25, -0.2) is 9.78 Å². The molecule has 1 fully saturated rings. The van der Waals surface area contributed by atoms with Crippen molar-refractivity contribution in [2.45, 2.75) is 52.5 Å². The van der Waals surface area contributed by atoms with Crippen LogP contribution in [0.25, 0.3) is 0 Å². The number of rotatable bonds is 8. The van der Waals surface area contributed by atoms with Crippen LogP contribution >= 0.6 is 0 Å². The first kappa shape index (κ1) is 19.9. The molecule has 0 aliphatic heterocycles. The van der Waals surface area contributed by atoms with Gasteiger partial charge in [0, 0.05) is 30.9 Å². The van der Waals surface area contributed by atoms with Crippen molar-refractivity contribution in [1.82, 2.24) is 4.98 Å². The van der Waals surface area contributed by atoms with Gasteiger partial charge in [0.25, 0.3) is 0 Å². The van der Waals surface area contributed by atoms with E-state index >= 15 is 0 Å². The van der Waals surface area contributed by atoms with Gasteiger partial charge in [-0.2, -0.15) is 0 Å². The van der Waals surface area contributed by atoms with Gasteiger partial charge in [0.05, 0.1) is 17.9 Å². The average molecular weight is 360 g/mol. The molecule has 7 nitrogen and oxygen atoms in total. The van der Waals surface area contributed by atoms with E-state index in [2.05, 4.69) is 15.6 Å². The minimum absolute atomic E-state index is 0.134. The summed E-state index contributed by atoms with van der Waals surface area (Å²) in [6.45, 7) is 6.29. The molecule has 2 rings (SSSR count). The second-order valence-corrected chi connectivity index (χ2v) is 6.51. The number of hydrogen-bond acceptors (Lipinski definition) is 7. The van der Waals surface area contributed by atoms with E-state index in [4.69, 9.17) is 10.1 Å². The molecular formula is C19H28N4O3. The van der Waals surface area contributed by atoms with Crippen LogP contribution in [0.1, 0.15) is 62.4 Å². The second kappa shape index (κ2) is 9.31. The highest BCUT2D eigenvalue weighted by atomic mass is 16.5. The van der Waals surface area contributed by atoms with Crippen LogP contribution < -0.4 is 10.6 Å². The molecule has 0 bridgehead atoms. The van der Waals surface area contributed by atoms with E-state index in [0.29, 0.717) is 29.2 Å². The number of esters is 1. The quantitative estimate of drug-likeness (QED) is 0.486. The molecule has 1 saturated carbocycles. The molecule has 0 spiro atoms. The highest BCUT2D eigenvalue weighted by molar-refractivity contribution is 6.03. The zero-order valence-corrected chi connectivity index (χ0v) is 15.7. The summed E-state index contributed by atoms with van der Waals surface area (Å²) < 4.78 is 5.15. The van der Waals surface area contributed by atoms with Crippen molar-refractivity contribution in [2.75, 3.05) is 23.8 Å². The molecule has 1 heterocycles. The minimum Gasteiger partial charge on any atom is -0.462 e. The van der Waals surface area contributed by atoms with E-state index in [0.717, 1.165) is 25.7 Å². The number of hydrogen-bond donors (Lipinski definition) is 3. The van der Waals surface area contributed by atoms with Gasteiger partial charge < -0.3 is 20.8 Å². The zero-order chi connectivity index (χ0) is 19.1. The van der Waals surface area contributed by atoms with E-state index in [-0.39, 0.29) is 24.3 Å². The first-order chi connectivity index (χ1) is 12.5. The summed E-state index contributed by atoms with van der Waals surface area (Å²) >= 11 is 0. The third kappa shape index (κ3) is 4.59. The molecule has 0 unspecified atom stereocenters. The molecule has 0 atom stereocenters. The van der Waals surface area contributed by atoms with Gasteiger partial charge in [-0.05, 0) is 46.5 Å². The Labute approximate surface area is 154 Å². The first-order valence-electron chi connectivity index (χ1n) is 9.23. The average Bonchev–Trinajstić information content (AvgIpc) is 2.63. The summed E-state index contributed by atoms with van der Waals surface area (Å²) in [7, 11) is 0. The third-order valence-electron chi connectivity index (χ3n) is 4.75. The fourth-order valence-corrected chi connectivity index (χ4v) is 3.34. The number of pyridine rings is 1. The van der Waals surface area contributed by atoms with Crippen LogP contribution in [-0.2, 0) is 9.53 Å². The van der Waals surface area contributed by atoms with E-state index in [1.165, 1.54) is 12.4 Å². The van der Waals surface area contributed by atoms with Gasteiger partial charge in [0.2, 0.25) is 0 Å². The number of ether oxygens (including phenoxy) is 1. The standard InChI is InChI=1S/C19H28N4O3/c1-4-21-18-15(10-20)17(16(11-22-18)19(25)26-5-2)23-14-8-6-13(7-9-14)12(3)24/h10-11,13-14,20H,4-9H2,1-3H3,(H2,21,22,23). The Morgan fingerprint density at radius 1 is 1.31 bits per heavy atom. The van der Waals surface area contributed by atoms with Gasteiger partial charge in [-0.1, -0.05) is 0 Å². The summed E-state index contributed by atoms with van der Waals surface area (Å²) in [6.07, 6.45) is 6.08. The maximum absolute atomic E-state index is 12.3. The molecule has 3 N–H and O–H groups in total. The van der Waals surface area contributed by atoms with E-state index in [1.807, 2.05) is 6.92 Å². The number of nitrogens with zero attached hydrogens (tertiary/aromatic N) is 1. The highest BCUT2D eigenvalue weighted by Gasteiger charge is 2.27. The van der Waals surface area contributed by atoms with Gasteiger partial charge in [-0.15, -0.1) is 0 Å². The maximum Gasteiger partial charge on any atom is 0.341 e. The Hall–Kier alpha value is -2.44. The number of carbonyl (C=O) groups is 2. The van der Waals surface area contributed by atoms with E-state index < -0.39 is 5.97 Å². The Kier molecular flexibility index (Phi) is 7.12. The zero-order valence-electron chi connectivity index (χ0n) is 15.7. The van der Waals surface area contributed by atoms with Crippen molar-refractivity contribution in [3.05, 3.63) is 17.3 Å². The van der Waals surface area contributed by atoms with Gasteiger partial charge >= 0.3 is 5.97 Å². The van der Waals surface area contributed by atoms with Crippen LogP contribution in [0.4, 0.5) is 11.5 Å². The fourth-order valence-electron chi connectivity index (χ4n) is 3.34. The topological polar surface area (TPSA) is 104 Å². The lowest BCUT2D eigenvalue weighted by molar-refractivity contribution is -0.121. The Bertz CT molecular complexity index is 667. The number of ketones is 1. The third-order valence-corrected chi connectivity index (χ3v) is 4.75. The molecule has 0 radical (unpaired) electrons. The molecule has 0 aromatic carbocycles. The van der Waals surface area contributed by atoms with Crippen molar-refractivity contribution in [1.29, 1.82) is 5.41 Å². The number of carbonyl (C=O) groups excluding carboxylic acids is 2. The normalized spacial score (nSPS) is 19.5. The van der Waals surface area contributed by atoms with Crippen molar-refractivity contribution in [3.63, 3.8) is 0 Å². The summed E-state index contributed by atoms with van der Waals surface area (Å²) in [4.78, 5) is 28.2. The molecule has 7 heteroatoms. The molecule has 1 aromatic heterocycles. The minimum atomic E-state index is -0.453. The van der Waals surface area contributed by atoms with Crippen LogP contribution in [0, 0.1) is 11.3 Å². The van der Waals surface area contributed by atoms with E-state index in [9.17, 15) is 9.59 Å². The SMILES string of the molecule is CCNc1ncc(C(=O)OCC)c(NC2CCC(C(C)=O)CC2)c1C=N. The highest BCUT2D eigenvalue weighted by Crippen LogP contribution is 2.31. The Morgan fingerprint density at radius 3 is 2.54 bits per heavy atom. The molecule has 26 heavy (non-hydrogen) atoms. The molecule has 0 amide bonds. The van der Waals surface area contributed by atoms with Gasteiger partial charge in [0.15, 0.2) is 0 Å². The van der Waals surface area contributed by atoms with Gasteiger partial charge in [0.1, 0.15) is 17.2 Å². The largest absolute Gasteiger partial charge is 0.462 e. The second-order valence-electron chi connectivity index (χ2n) is 6.51. The fraction of sp³-hybridized carbons (Fsp3) is 0.579. The lowest BCUT2D eigenvalue weighted by Gasteiger charge is -2.29. The molecule has 1 aliphatic carbocycles. The first-order valence-corrected chi connectivity index (χ1v) is 9.23. The number of Topliss-reactive ketones (excluding diaryl/α,β-unsaturated/α-hetero) is 1. The Morgan fingerprint density at radius 2 is 2.00 bits per heavy atom. The van der Waals surface area contributed by atoms with Crippen LogP contribution in [0.5, 0.6) is 0 Å². The van der Waals surface area contributed by atoms with Crippen LogP contribution in [0.2, 0.25) is 0 Å². The molecule has 1 aliphatic rings. The van der Waals surface area contributed by atoms with Crippen molar-refractivity contribution >= 4 is 29.5 Å². The van der Waals surface area contributed by atoms with Crippen LogP contribution in [0.15, 0.2) is 6.20 Å². The van der Waals surface area contributed by atoms with Crippen LogP contribution in [0.3, 0.4) is 0 Å². The van der Waals surface area contributed by atoms with Crippen LogP contribution in [-0.4, -0.2) is 42.1 Å². The lowest BCUT2D eigenvalue weighted by atomic mass is 9.83. The number of nitrogens with one attached hydrogen (secondary N) is 3. The summed E-state index contributed by atoms with van der Waals surface area (Å²) in [5.41, 5.74) is 1.46.